The molecule has 1 aromatic heterocycles. The number of ether oxygens (including phenoxy) is 1. The van der Waals surface area contributed by atoms with Crippen LogP contribution >= 0.6 is 0 Å². The second kappa shape index (κ2) is 22.3. The molecule has 12 heteroatoms. The molecule has 0 radical (unpaired) electrons. The minimum absolute atomic E-state index is 0.0461. The maximum absolute atomic E-state index is 15.5. The lowest BCUT2D eigenvalue weighted by atomic mass is 9.99. The third kappa shape index (κ3) is 11.8. The highest BCUT2D eigenvalue weighted by molar-refractivity contribution is 7.91. The number of nitrogens with zero attached hydrogens (tertiary/aromatic N) is 5. The van der Waals surface area contributed by atoms with Gasteiger partial charge in [-0.3, -0.25) is 19.0 Å². The average molecular weight is 840 g/mol. The van der Waals surface area contributed by atoms with Crippen molar-refractivity contribution in [2.45, 2.75) is 143 Å². The fourth-order valence-corrected chi connectivity index (χ4v) is 11.4. The van der Waals surface area contributed by atoms with Crippen molar-refractivity contribution in [3.63, 3.8) is 0 Å². The quantitative estimate of drug-likeness (QED) is 0.0976. The van der Waals surface area contributed by atoms with Crippen LogP contribution in [0, 0.1) is 5.82 Å². The van der Waals surface area contributed by atoms with E-state index in [9.17, 15) is 12.6 Å². The Balaban J connectivity index is 1.07. The van der Waals surface area contributed by atoms with Crippen LogP contribution in [0.15, 0.2) is 57.3 Å². The SMILES string of the molecule is CCCCCCCCCCCCCCOc1ccc(S(=O)(=O)c2cnc3ccc(S(C)=O)cc3c2N2CCC(N3CCN(C4CCN(CC)CC4)CC3)CC2)cc1F. The molecule has 3 aliphatic rings. The van der Waals surface area contributed by atoms with Crippen LogP contribution < -0.4 is 9.64 Å². The molecule has 4 heterocycles. The monoisotopic (exact) mass is 839 g/mol. The molecule has 3 fully saturated rings. The van der Waals surface area contributed by atoms with E-state index in [1.807, 2.05) is 12.1 Å². The number of sulfone groups is 1. The number of benzene rings is 2. The second-order valence-electron chi connectivity index (χ2n) is 16.9. The third-order valence-electron chi connectivity index (χ3n) is 13.0. The first kappa shape index (κ1) is 44.9. The van der Waals surface area contributed by atoms with Gasteiger partial charge >= 0.3 is 0 Å². The smallest absolute Gasteiger partial charge is 0.210 e. The molecular formula is C46H70FN5O4S2. The summed E-state index contributed by atoms with van der Waals surface area (Å²) < 4.78 is 62.9. The van der Waals surface area contributed by atoms with Gasteiger partial charge in [-0.15, -0.1) is 0 Å². The number of unbranched alkanes of at least 4 members (excludes halogenated alkanes) is 11. The van der Waals surface area contributed by atoms with Crippen molar-refractivity contribution in [1.29, 1.82) is 0 Å². The Morgan fingerprint density at radius 1 is 0.741 bits per heavy atom. The highest BCUT2D eigenvalue weighted by Crippen LogP contribution is 2.39. The zero-order valence-corrected chi connectivity index (χ0v) is 37.3. The lowest BCUT2D eigenvalue weighted by molar-refractivity contribution is 0.0384. The van der Waals surface area contributed by atoms with Gasteiger partial charge in [-0.05, 0) is 88.1 Å². The van der Waals surface area contributed by atoms with Gasteiger partial charge in [0.15, 0.2) is 11.6 Å². The molecule has 6 rings (SSSR count). The number of aromatic nitrogens is 1. The van der Waals surface area contributed by atoms with Crippen LogP contribution in [0.2, 0.25) is 0 Å². The Bertz CT molecular complexity index is 1870. The number of hydrogen-bond donors (Lipinski definition) is 0. The van der Waals surface area contributed by atoms with E-state index >= 15 is 4.39 Å². The maximum Gasteiger partial charge on any atom is 0.210 e. The number of piperidine rings is 2. The van der Waals surface area contributed by atoms with Crippen LogP contribution in [0.4, 0.5) is 10.1 Å². The molecule has 3 saturated heterocycles. The van der Waals surface area contributed by atoms with Crippen molar-refractivity contribution in [2.75, 3.05) is 76.7 Å². The maximum atomic E-state index is 15.5. The van der Waals surface area contributed by atoms with Crippen LogP contribution in [0.1, 0.15) is 117 Å². The van der Waals surface area contributed by atoms with Gasteiger partial charge in [0.05, 0.1) is 22.7 Å². The predicted molar refractivity (Wildman–Crippen MR) is 236 cm³/mol. The Morgan fingerprint density at radius 2 is 1.31 bits per heavy atom. The molecule has 1 unspecified atom stereocenters. The lowest BCUT2D eigenvalue weighted by Crippen LogP contribution is -2.56. The normalized spacial score (nSPS) is 18.9. The Kier molecular flexibility index (Phi) is 17.2. The topological polar surface area (TPSA) is 86.3 Å². The highest BCUT2D eigenvalue weighted by atomic mass is 32.2. The molecule has 2 aromatic carbocycles. The minimum Gasteiger partial charge on any atom is -0.491 e. The number of fused-ring (bicyclic) bond motifs is 1. The number of halogens is 1. The van der Waals surface area contributed by atoms with Crippen LogP contribution in [0.5, 0.6) is 5.75 Å². The van der Waals surface area contributed by atoms with Crippen molar-refractivity contribution < 1.29 is 21.8 Å². The number of likely N-dealkylation sites (tertiary alicyclic amines) is 1. The molecule has 0 saturated carbocycles. The van der Waals surface area contributed by atoms with Crippen LogP contribution in [-0.4, -0.2) is 116 Å². The van der Waals surface area contributed by atoms with Gasteiger partial charge in [-0.1, -0.05) is 84.5 Å². The molecule has 58 heavy (non-hydrogen) atoms. The van der Waals surface area contributed by atoms with E-state index in [1.165, 1.54) is 102 Å². The number of anilines is 1. The van der Waals surface area contributed by atoms with Gasteiger partial charge in [-0.25, -0.2) is 12.8 Å². The summed E-state index contributed by atoms with van der Waals surface area (Å²) in [7, 11) is -5.45. The van der Waals surface area contributed by atoms with Crippen molar-refractivity contribution in [3.8, 4) is 5.75 Å². The molecule has 0 N–H and O–H groups in total. The molecule has 3 aromatic rings. The van der Waals surface area contributed by atoms with Crippen molar-refractivity contribution in [2.24, 2.45) is 0 Å². The van der Waals surface area contributed by atoms with Crippen LogP contribution in [0.25, 0.3) is 10.9 Å². The summed E-state index contributed by atoms with van der Waals surface area (Å²) in [5.41, 5.74) is 1.20. The first-order chi connectivity index (χ1) is 28.2. The lowest BCUT2D eigenvalue weighted by Gasteiger charge is -2.46. The molecular weight excluding hydrogens is 770 g/mol. The van der Waals surface area contributed by atoms with E-state index in [1.54, 1.807) is 12.3 Å². The van der Waals surface area contributed by atoms with Gasteiger partial charge in [-0.2, -0.15) is 0 Å². The van der Waals surface area contributed by atoms with E-state index in [4.69, 9.17) is 4.74 Å². The van der Waals surface area contributed by atoms with Gasteiger partial charge in [0.2, 0.25) is 9.84 Å². The Hall–Kier alpha value is -2.64. The summed E-state index contributed by atoms with van der Waals surface area (Å²) in [6.45, 7) is 14.1. The summed E-state index contributed by atoms with van der Waals surface area (Å²) >= 11 is 0. The van der Waals surface area contributed by atoms with Crippen molar-refractivity contribution >= 4 is 37.2 Å². The van der Waals surface area contributed by atoms with E-state index in [0.29, 0.717) is 53.3 Å². The first-order valence-electron chi connectivity index (χ1n) is 22.6. The molecule has 0 amide bonds. The summed E-state index contributed by atoms with van der Waals surface area (Å²) in [5.74, 6) is -0.620. The van der Waals surface area contributed by atoms with E-state index in [2.05, 4.69) is 38.4 Å². The molecule has 1 atom stereocenters. The van der Waals surface area contributed by atoms with Crippen molar-refractivity contribution in [3.05, 3.63) is 48.4 Å². The molecule has 322 valence electrons. The number of rotatable bonds is 21. The number of pyridine rings is 1. The molecule has 3 aliphatic heterocycles. The third-order valence-corrected chi connectivity index (χ3v) is 15.7. The summed E-state index contributed by atoms with van der Waals surface area (Å²) in [5, 5.41) is 0.651. The average Bonchev–Trinajstić information content (AvgIpc) is 3.25. The highest BCUT2D eigenvalue weighted by Gasteiger charge is 2.34. The fraction of sp³-hybridized carbons (Fsp3) is 0.674. The van der Waals surface area contributed by atoms with Crippen molar-refractivity contribution in [1.82, 2.24) is 19.7 Å². The van der Waals surface area contributed by atoms with Gasteiger partial charge in [0.25, 0.3) is 0 Å². The second-order valence-corrected chi connectivity index (χ2v) is 20.2. The van der Waals surface area contributed by atoms with E-state index in [0.717, 1.165) is 70.9 Å². The predicted octanol–water partition coefficient (Wildman–Crippen LogP) is 9.09. The Morgan fingerprint density at radius 3 is 1.86 bits per heavy atom. The van der Waals surface area contributed by atoms with Gasteiger partial charge in [0, 0.05) is 84.9 Å². The fourth-order valence-electron chi connectivity index (χ4n) is 9.38. The van der Waals surface area contributed by atoms with Crippen LogP contribution in [-0.2, 0) is 20.6 Å². The van der Waals surface area contributed by atoms with E-state index in [-0.39, 0.29) is 15.5 Å². The largest absolute Gasteiger partial charge is 0.491 e. The van der Waals surface area contributed by atoms with Gasteiger partial charge in [0.1, 0.15) is 4.90 Å². The van der Waals surface area contributed by atoms with E-state index < -0.39 is 26.5 Å². The van der Waals surface area contributed by atoms with Crippen LogP contribution in [0.3, 0.4) is 0 Å². The molecule has 0 spiro atoms. The standard InChI is InChI=1S/C46H70FN5O4S2/c1-4-6-7-8-9-10-11-12-13-14-15-16-33-56-44-20-18-40(35-42(44)47)58(54,55)45-36-48-43-19-17-39(57(3)53)34-41(43)46(45)52-27-23-38(24-28-52)51-31-29-50(30-32-51)37-21-25-49(5-2)26-22-37/h17-20,34-38H,4-16,21-33H2,1-3H3. The van der Waals surface area contributed by atoms with Gasteiger partial charge < -0.3 is 14.5 Å². The summed E-state index contributed by atoms with van der Waals surface area (Å²) in [6.07, 6.45) is 22.2. The molecule has 9 nitrogen and oxygen atoms in total. The molecule has 0 bridgehead atoms. The Labute approximate surface area is 351 Å². The number of piperazine rings is 1. The number of hydrogen-bond acceptors (Lipinski definition) is 9. The zero-order chi connectivity index (χ0) is 40.9. The first-order valence-corrected chi connectivity index (χ1v) is 25.6. The summed E-state index contributed by atoms with van der Waals surface area (Å²) in [6, 6.07) is 10.5. The summed E-state index contributed by atoms with van der Waals surface area (Å²) in [4.78, 5) is 15.2. The zero-order valence-electron chi connectivity index (χ0n) is 35.6. The minimum atomic E-state index is -4.18. The molecule has 0 aliphatic carbocycles.